The van der Waals surface area contributed by atoms with Gasteiger partial charge in [0.15, 0.2) is 5.58 Å². The molecule has 0 unspecified atom stereocenters. The van der Waals surface area contributed by atoms with E-state index in [-0.39, 0.29) is 22.9 Å². The third-order valence-electron chi connectivity index (χ3n) is 3.07. The number of oxazole rings is 1. The van der Waals surface area contributed by atoms with Crippen molar-refractivity contribution < 1.29 is 19.2 Å². The second-order valence-electron chi connectivity index (χ2n) is 4.74. The summed E-state index contributed by atoms with van der Waals surface area (Å²) in [5.41, 5.74) is 1.18. The van der Waals surface area contributed by atoms with Crippen LogP contribution in [0.25, 0.3) is 11.1 Å². The van der Waals surface area contributed by atoms with Crippen LogP contribution in [0.2, 0.25) is 0 Å². The van der Waals surface area contributed by atoms with E-state index in [2.05, 4.69) is 10.3 Å². The van der Waals surface area contributed by atoms with Crippen molar-refractivity contribution in [3.05, 3.63) is 52.6 Å². The SMILES string of the molecule is O=C(CSc1nc2ccccc2o1)Nc1ccc([N+](=O)[O-])cc1O. The fourth-order valence-corrected chi connectivity index (χ4v) is 2.60. The number of para-hydroxylation sites is 2. The van der Waals surface area contributed by atoms with Gasteiger partial charge in [0.2, 0.25) is 5.91 Å². The molecule has 2 aromatic carbocycles. The topological polar surface area (TPSA) is 119 Å². The number of hydrogen-bond donors (Lipinski definition) is 2. The van der Waals surface area contributed by atoms with Gasteiger partial charge in [0, 0.05) is 6.07 Å². The largest absolute Gasteiger partial charge is 0.506 e. The predicted octanol–water partition coefficient (Wildman–Crippen LogP) is 3.17. The number of thioether (sulfide) groups is 1. The third kappa shape index (κ3) is 3.46. The minimum atomic E-state index is -0.631. The first-order valence-electron chi connectivity index (χ1n) is 6.78. The number of carbonyl (C=O) groups excluding carboxylic acids is 1. The zero-order valence-corrected chi connectivity index (χ0v) is 12.9. The van der Waals surface area contributed by atoms with E-state index in [1.54, 1.807) is 12.1 Å². The average molecular weight is 345 g/mol. The summed E-state index contributed by atoms with van der Waals surface area (Å²) in [5, 5.41) is 23.2. The van der Waals surface area contributed by atoms with E-state index in [0.29, 0.717) is 16.3 Å². The Labute approximate surface area is 139 Å². The number of anilines is 1. The molecule has 9 heteroatoms. The van der Waals surface area contributed by atoms with Gasteiger partial charge in [-0.2, -0.15) is 0 Å². The molecular weight excluding hydrogens is 334 g/mol. The van der Waals surface area contributed by atoms with Crippen molar-refractivity contribution in [2.24, 2.45) is 0 Å². The fraction of sp³-hybridized carbons (Fsp3) is 0.0667. The van der Waals surface area contributed by atoms with Gasteiger partial charge in [0.05, 0.1) is 22.4 Å². The first-order chi connectivity index (χ1) is 11.5. The molecule has 0 saturated heterocycles. The van der Waals surface area contributed by atoms with E-state index in [0.717, 1.165) is 17.8 Å². The van der Waals surface area contributed by atoms with Crippen molar-refractivity contribution in [3.63, 3.8) is 0 Å². The Balaban J connectivity index is 1.62. The number of aromatic nitrogens is 1. The van der Waals surface area contributed by atoms with Crippen LogP contribution < -0.4 is 5.32 Å². The smallest absolute Gasteiger partial charge is 0.273 e. The molecule has 1 heterocycles. The number of phenols is 1. The molecule has 0 aliphatic rings. The number of non-ortho nitro benzene ring substituents is 1. The maximum atomic E-state index is 11.9. The summed E-state index contributed by atoms with van der Waals surface area (Å²) in [6.45, 7) is 0. The van der Waals surface area contributed by atoms with Gasteiger partial charge in [0.1, 0.15) is 11.3 Å². The average Bonchev–Trinajstić information content (AvgIpc) is 2.97. The van der Waals surface area contributed by atoms with Gasteiger partial charge >= 0.3 is 0 Å². The number of rotatable bonds is 5. The lowest BCUT2D eigenvalue weighted by molar-refractivity contribution is -0.384. The zero-order valence-electron chi connectivity index (χ0n) is 12.1. The van der Waals surface area contributed by atoms with E-state index in [4.69, 9.17) is 4.42 Å². The predicted molar refractivity (Wildman–Crippen MR) is 88.1 cm³/mol. The van der Waals surface area contributed by atoms with Gasteiger partial charge in [-0.05, 0) is 18.2 Å². The Morgan fingerprint density at radius 1 is 1.33 bits per heavy atom. The normalized spacial score (nSPS) is 10.7. The number of hydrogen-bond acceptors (Lipinski definition) is 7. The van der Waals surface area contributed by atoms with Gasteiger partial charge in [-0.25, -0.2) is 4.98 Å². The second kappa shape index (κ2) is 6.59. The summed E-state index contributed by atoms with van der Waals surface area (Å²) in [5.74, 6) is -0.751. The summed E-state index contributed by atoms with van der Waals surface area (Å²) in [7, 11) is 0. The molecule has 3 aromatic rings. The quantitative estimate of drug-likeness (QED) is 0.315. The number of nitrogens with one attached hydrogen (secondary N) is 1. The van der Waals surface area contributed by atoms with Crippen molar-refractivity contribution in [2.45, 2.75) is 5.22 Å². The maximum absolute atomic E-state index is 11.9. The second-order valence-corrected chi connectivity index (χ2v) is 5.67. The van der Waals surface area contributed by atoms with Crippen LogP contribution >= 0.6 is 11.8 Å². The molecule has 1 aromatic heterocycles. The zero-order chi connectivity index (χ0) is 17.1. The Morgan fingerprint density at radius 2 is 2.12 bits per heavy atom. The summed E-state index contributed by atoms with van der Waals surface area (Å²) in [6, 6.07) is 10.7. The van der Waals surface area contributed by atoms with Gasteiger partial charge in [0.25, 0.3) is 10.9 Å². The van der Waals surface area contributed by atoms with Gasteiger partial charge < -0.3 is 14.8 Å². The molecule has 8 nitrogen and oxygen atoms in total. The van der Waals surface area contributed by atoms with Crippen molar-refractivity contribution in [1.29, 1.82) is 0 Å². The number of carbonyl (C=O) groups is 1. The summed E-state index contributed by atoms with van der Waals surface area (Å²) in [6.07, 6.45) is 0. The molecule has 0 radical (unpaired) electrons. The number of nitro groups is 1. The highest BCUT2D eigenvalue weighted by Crippen LogP contribution is 2.28. The molecule has 0 atom stereocenters. The number of aromatic hydroxyl groups is 1. The van der Waals surface area contributed by atoms with Crippen LogP contribution in [0.1, 0.15) is 0 Å². The number of nitrogens with zero attached hydrogens (tertiary/aromatic N) is 2. The van der Waals surface area contributed by atoms with Crippen LogP contribution in [0.3, 0.4) is 0 Å². The maximum Gasteiger partial charge on any atom is 0.273 e. The number of amides is 1. The van der Waals surface area contributed by atoms with Crippen molar-refractivity contribution in [1.82, 2.24) is 4.98 Å². The molecular formula is C15H11N3O5S. The molecule has 122 valence electrons. The Hall–Kier alpha value is -3.07. The highest BCUT2D eigenvalue weighted by atomic mass is 32.2. The number of fused-ring (bicyclic) bond motifs is 1. The summed E-state index contributed by atoms with van der Waals surface area (Å²) in [4.78, 5) is 26.1. The lowest BCUT2D eigenvalue weighted by Crippen LogP contribution is -2.14. The van der Waals surface area contributed by atoms with Crippen LogP contribution in [0.5, 0.6) is 5.75 Å². The highest BCUT2D eigenvalue weighted by molar-refractivity contribution is 7.99. The van der Waals surface area contributed by atoms with Crippen LogP contribution in [0.15, 0.2) is 52.1 Å². The third-order valence-corrected chi connectivity index (χ3v) is 3.90. The Bertz CT molecular complexity index is 891. The highest BCUT2D eigenvalue weighted by Gasteiger charge is 2.13. The van der Waals surface area contributed by atoms with E-state index in [1.807, 2.05) is 12.1 Å². The first kappa shape index (κ1) is 15.8. The van der Waals surface area contributed by atoms with E-state index in [1.165, 1.54) is 12.1 Å². The molecule has 1 amide bonds. The summed E-state index contributed by atoms with van der Waals surface area (Å²) < 4.78 is 5.48. The monoisotopic (exact) mass is 345 g/mol. The van der Waals surface area contributed by atoms with Gasteiger partial charge in [-0.15, -0.1) is 0 Å². The van der Waals surface area contributed by atoms with Gasteiger partial charge in [-0.1, -0.05) is 23.9 Å². The molecule has 0 aliphatic carbocycles. The van der Waals surface area contributed by atoms with Crippen molar-refractivity contribution >= 4 is 40.1 Å². The molecule has 0 aliphatic heterocycles. The number of phenolic OH excluding ortho intramolecular Hbond substituents is 1. The molecule has 2 N–H and O–H groups in total. The first-order valence-corrected chi connectivity index (χ1v) is 7.77. The van der Waals surface area contributed by atoms with E-state index < -0.39 is 10.8 Å². The number of nitro benzene ring substituents is 1. The van der Waals surface area contributed by atoms with Crippen LogP contribution in [-0.4, -0.2) is 26.7 Å². The fourth-order valence-electron chi connectivity index (χ4n) is 1.97. The van der Waals surface area contributed by atoms with Crippen LogP contribution in [0.4, 0.5) is 11.4 Å². The molecule has 0 bridgehead atoms. The standard InChI is InChI=1S/C15H11N3O5S/c19-12-7-9(18(21)22)5-6-10(12)16-14(20)8-24-15-17-11-3-1-2-4-13(11)23-15/h1-7,19H,8H2,(H,16,20). The molecule has 3 rings (SSSR count). The van der Waals surface area contributed by atoms with Crippen molar-refractivity contribution in [3.8, 4) is 5.75 Å². The lowest BCUT2D eigenvalue weighted by Gasteiger charge is -2.06. The van der Waals surface area contributed by atoms with Crippen LogP contribution in [0, 0.1) is 10.1 Å². The van der Waals surface area contributed by atoms with E-state index in [9.17, 15) is 20.0 Å². The summed E-state index contributed by atoms with van der Waals surface area (Å²) >= 11 is 1.11. The minimum absolute atomic E-state index is 0.0171. The lowest BCUT2D eigenvalue weighted by atomic mass is 10.2. The Kier molecular flexibility index (Phi) is 4.34. The van der Waals surface area contributed by atoms with Crippen molar-refractivity contribution in [2.75, 3.05) is 11.1 Å². The molecule has 0 fully saturated rings. The molecule has 0 spiro atoms. The molecule has 0 saturated carbocycles. The minimum Gasteiger partial charge on any atom is -0.506 e. The molecule has 24 heavy (non-hydrogen) atoms. The van der Waals surface area contributed by atoms with Gasteiger partial charge in [-0.3, -0.25) is 14.9 Å². The van der Waals surface area contributed by atoms with E-state index >= 15 is 0 Å². The van der Waals surface area contributed by atoms with Crippen LogP contribution in [-0.2, 0) is 4.79 Å². The Morgan fingerprint density at radius 3 is 2.83 bits per heavy atom. The number of benzene rings is 2.